The molecule has 0 spiro atoms. The zero-order chi connectivity index (χ0) is 13.3. The Morgan fingerprint density at radius 1 is 1.28 bits per heavy atom. The maximum Gasteiger partial charge on any atom is 0.320 e. The number of aliphatic carboxylic acids is 1. The standard InChI is InChI=1S/C14H25NO3/c1-9(2)12(13(16)17)15-8-14(18)10-4-3-5-11(14)7-6-10/h9-12,15,18H,3-8H2,1-2H3,(H,16,17)/t10-,11?,12+,14?/m1/s1. The summed E-state index contributed by atoms with van der Waals surface area (Å²) in [6, 6.07) is -0.560. The molecule has 2 aliphatic carbocycles. The van der Waals surface area contributed by atoms with Crippen LogP contribution >= 0.6 is 0 Å². The Hall–Kier alpha value is -0.610. The van der Waals surface area contributed by atoms with E-state index < -0.39 is 17.6 Å². The molecule has 0 aromatic heterocycles. The molecule has 0 aromatic rings. The molecule has 18 heavy (non-hydrogen) atoms. The zero-order valence-corrected chi connectivity index (χ0v) is 11.4. The van der Waals surface area contributed by atoms with Crippen LogP contribution in [0.25, 0.3) is 0 Å². The van der Waals surface area contributed by atoms with Gasteiger partial charge in [0.1, 0.15) is 6.04 Å². The summed E-state index contributed by atoms with van der Waals surface area (Å²) < 4.78 is 0. The van der Waals surface area contributed by atoms with Crippen LogP contribution in [0.2, 0.25) is 0 Å². The molecule has 2 rings (SSSR count). The predicted octanol–water partition coefficient (Wildman–Crippen LogP) is 1.63. The molecule has 0 radical (unpaired) electrons. The van der Waals surface area contributed by atoms with Crippen LogP contribution in [0.15, 0.2) is 0 Å². The minimum absolute atomic E-state index is 0.0346. The third-order valence-electron chi connectivity index (χ3n) is 4.92. The molecule has 0 heterocycles. The molecule has 0 amide bonds. The number of carbonyl (C=O) groups is 1. The van der Waals surface area contributed by atoms with Crippen LogP contribution in [0.3, 0.4) is 0 Å². The highest BCUT2D eigenvalue weighted by Crippen LogP contribution is 2.49. The number of aliphatic hydroxyl groups is 1. The second kappa shape index (κ2) is 5.17. The van der Waals surface area contributed by atoms with Crippen molar-refractivity contribution in [2.24, 2.45) is 17.8 Å². The number of hydrogen-bond acceptors (Lipinski definition) is 3. The van der Waals surface area contributed by atoms with Gasteiger partial charge in [0.25, 0.3) is 0 Å². The highest BCUT2D eigenvalue weighted by molar-refractivity contribution is 5.73. The van der Waals surface area contributed by atoms with Gasteiger partial charge >= 0.3 is 5.97 Å². The number of carboxylic acids is 1. The molecule has 2 saturated carbocycles. The monoisotopic (exact) mass is 255 g/mol. The van der Waals surface area contributed by atoms with Crippen LogP contribution in [0.4, 0.5) is 0 Å². The maximum atomic E-state index is 11.2. The lowest BCUT2D eigenvalue weighted by Gasteiger charge is -2.40. The molecule has 2 unspecified atom stereocenters. The van der Waals surface area contributed by atoms with E-state index in [1.54, 1.807) is 0 Å². The number of carboxylic acid groups (broad SMARTS) is 1. The molecule has 104 valence electrons. The topological polar surface area (TPSA) is 69.6 Å². The van der Waals surface area contributed by atoms with Gasteiger partial charge < -0.3 is 15.5 Å². The number of rotatable bonds is 5. The smallest absolute Gasteiger partial charge is 0.320 e. The van der Waals surface area contributed by atoms with Gasteiger partial charge in [0.15, 0.2) is 0 Å². The lowest BCUT2D eigenvalue weighted by Crippen LogP contribution is -2.54. The van der Waals surface area contributed by atoms with Crippen molar-refractivity contribution in [1.82, 2.24) is 5.32 Å². The van der Waals surface area contributed by atoms with Crippen LogP contribution in [-0.2, 0) is 4.79 Å². The molecule has 0 saturated heterocycles. The normalized spacial score (nSPS) is 36.9. The van der Waals surface area contributed by atoms with Gasteiger partial charge in [-0.05, 0) is 43.4 Å². The molecule has 0 aliphatic heterocycles. The minimum Gasteiger partial charge on any atom is -0.480 e. The average molecular weight is 255 g/mol. The second-order valence-electron chi connectivity index (χ2n) is 6.33. The van der Waals surface area contributed by atoms with Crippen molar-refractivity contribution >= 4 is 5.97 Å². The summed E-state index contributed by atoms with van der Waals surface area (Å²) in [5.41, 5.74) is -0.666. The lowest BCUT2D eigenvalue weighted by atomic mass is 9.74. The summed E-state index contributed by atoms with van der Waals surface area (Å²) in [7, 11) is 0. The van der Waals surface area contributed by atoms with Crippen molar-refractivity contribution in [3.63, 3.8) is 0 Å². The Bertz CT molecular complexity index is 300. The van der Waals surface area contributed by atoms with Crippen LogP contribution < -0.4 is 5.32 Å². The van der Waals surface area contributed by atoms with Gasteiger partial charge in [0.05, 0.1) is 5.60 Å². The lowest BCUT2D eigenvalue weighted by molar-refractivity contribution is -0.141. The van der Waals surface area contributed by atoms with Gasteiger partial charge in [0.2, 0.25) is 0 Å². The van der Waals surface area contributed by atoms with Crippen LogP contribution in [-0.4, -0.2) is 34.4 Å². The average Bonchev–Trinajstić information content (AvgIpc) is 2.50. The van der Waals surface area contributed by atoms with E-state index in [4.69, 9.17) is 5.11 Å². The number of nitrogens with one attached hydrogen (secondary N) is 1. The van der Waals surface area contributed by atoms with Crippen LogP contribution in [0, 0.1) is 17.8 Å². The first kappa shape index (κ1) is 13.8. The van der Waals surface area contributed by atoms with E-state index >= 15 is 0 Å². The quantitative estimate of drug-likeness (QED) is 0.698. The van der Waals surface area contributed by atoms with E-state index in [0.29, 0.717) is 18.4 Å². The molecule has 4 nitrogen and oxygen atoms in total. The van der Waals surface area contributed by atoms with E-state index in [1.807, 2.05) is 13.8 Å². The minimum atomic E-state index is -0.822. The van der Waals surface area contributed by atoms with Crippen molar-refractivity contribution in [1.29, 1.82) is 0 Å². The van der Waals surface area contributed by atoms with E-state index in [2.05, 4.69) is 5.32 Å². The van der Waals surface area contributed by atoms with Crippen molar-refractivity contribution in [3.05, 3.63) is 0 Å². The first-order chi connectivity index (χ1) is 8.45. The summed E-state index contributed by atoms with van der Waals surface area (Å²) in [6.45, 7) is 4.22. The fourth-order valence-corrected chi connectivity index (χ4v) is 3.81. The third kappa shape index (κ3) is 2.41. The predicted molar refractivity (Wildman–Crippen MR) is 69.3 cm³/mol. The third-order valence-corrected chi connectivity index (χ3v) is 4.92. The summed E-state index contributed by atoms with van der Waals surface area (Å²) in [5.74, 6) is -0.0557. The van der Waals surface area contributed by atoms with Crippen molar-refractivity contribution < 1.29 is 15.0 Å². The van der Waals surface area contributed by atoms with Gasteiger partial charge in [-0.15, -0.1) is 0 Å². The molecule has 4 heteroatoms. The molecule has 0 aromatic carbocycles. The van der Waals surface area contributed by atoms with Crippen molar-refractivity contribution in [2.75, 3.05) is 6.54 Å². The zero-order valence-electron chi connectivity index (χ0n) is 11.4. The Morgan fingerprint density at radius 2 is 1.83 bits per heavy atom. The second-order valence-corrected chi connectivity index (χ2v) is 6.33. The van der Waals surface area contributed by atoms with Crippen molar-refractivity contribution in [2.45, 2.75) is 57.6 Å². The fraction of sp³-hybridized carbons (Fsp3) is 0.929. The summed E-state index contributed by atoms with van der Waals surface area (Å²) in [4.78, 5) is 11.2. The van der Waals surface area contributed by atoms with Crippen LogP contribution in [0.1, 0.15) is 46.0 Å². The fourth-order valence-electron chi connectivity index (χ4n) is 3.81. The molecule has 2 bridgehead atoms. The SMILES string of the molecule is CC(C)[C@H](NCC1(O)C2CCC[C@@H]1CC2)C(=O)O. The highest BCUT2D eigenvalue weighted by Gasteiger charge is 2.50. The summed E-state index contributed by atoms with van der Waals surface area (Å²) >= 11 is 0. The van der Waals surface area contributed by atoms with Crippen molar-refractivity contribution in [3.8, 4) is 0 Å². The Labute approximate surface area is 109 Å². The maximum absolute atomic E-state index is 11.2. The molecule has 2 fully saturated rings. The largest absolute Gasteiger partial charge is 0.480 e. The molecular formula is C14H25NO3. The van der Waals surface area contributed by atoms with Gasteiger partial charge in [-0.3, -0.25) is 4.79 Å². The first-order valence-corrected chi connectivity index (χ1v) is 7.13. The highest BCUT2D eigenvalue weighted by atomic mass is 16.4. The van der Waals surface area contributed by atoms with Gasteiger partial charge in [-0.25, -0.2) is 0 Å². The van der Waals surface area contributed by atoms with Gasteiger partial charge in [0, 0.05) is 6.54 Å². The first-order valence-electron chi connectivity index (χ1n) is 7.13. The summed E-state index contributed by atoms with van der Waals surface area (Å²) in [6.07, 6.45) is 5.59. The Morgan fingerprint density at radius 3 is 2.28 bits per heavy atom. The molecular weight excluding hydrogens is 230 g/mol. The van der Waals surface area contributed by atoms with E-state index in [-0.39, 0.29) is 5.92 Å². The van der Waals surface area contributed by atoms with E-state index in [9.17, 15) is 9.90 Å². The van der Waals surface area contributed by atoms with E-state index in [0.717, 1.165) is 25.7 Å². The number of hydrogen-bond donors (Lipinski definition) is 3. The molecule has 3 N–H and O–H groups in total. The van der Waals surface area contributed by atoms with Crippen LogP contribution in [0.5, 0.6) is 0 Å². The van der Waals surface area contributed by atoms with Gasteiger partial charge in [-0.1, -0.05) is 20.3 Å². The Kier molecular flexibility index (Phi) is 3.97. The Balaban J connectivity index is 1.98. The van der Waals surface area contributed by atoms with E-state index in [1.165, 1.54) is 6.42 Å². The molecule has 4 atom stereocenters. The molecule has 2 aliphatic rings. The van der Waals surface area contributed by atoms with Gasteiger partial charge in [-0.2, -0.15) is 0 Å². The summed E-state index contributed by atoms with van der Waals surface area (Å²) in [5, 5.41) is 23.1. The number of fused-ring (bicyclic) bond motifs is 2.